The van der Waals surface area contributed by atoms with Crippen molar-refractivity contribution in [2.75, 3.05) is 18.0 Å². The van der Waals surface area contributed by atoms with Crippen LogP contribution in [0.15, 0.2) is 42.7 Å². The van der Waals surface area contributed by atoms with Crippen LogP contribution < -0.4 is 9.47 Å². The SMILES string of the molecule is CCCCCCCCCCCCN(CCCCCCCCCCCC)c1ccc(C=Cc2cc[n+](C)cc2)cc1Cl. The molecule has 1 aromatic heterocycles. The van der Waals surface area contributed by atoms with Crippen LogP contribution in [0, 0.1) is 0 Å². The van der Waals surface area contributed by atoms with Gasteiger partial charge in [0.05, 0.1) is 10.7 Å². The number of halogens is 1. The minimum Gasteiger partial charge on any atom is -0.370 e. The fourth-order valence-electron chi connectivity index (χ4n) is 5.63. The van der Waals surface area contributed by atoms with Gasteiger partial charge < -0.3 is 4.90 Å². The zero-order valence-corrected chi connectivity index (χ0v) is 27.8. The van der Waals surface area contributed by atoms with E-state index in [1.165, 1.54) is 140 Å². The summed E-state index contributed by atoms with van der Waals surface area (Å²) in [5.41, 5.74) is 3.57. The maximum absolute atomic E-state index is 6.91. The van der Waals surface area contributed by atoms with Gasteiger partial charge >= 0.3 is 0 Å². The molecule has 41 heavy (non-hydrogen) atoms. The molecule has 0 bridgehead atoms. The average Bonchev–Trinajstić information content (AvgIpc) is 2.98. The van der Waals surface area contributed by atoms with Gasteiger partial charge in [-0.3, -0.25) is 0 Å². The van der Waals surface area contributed by atoms with E-state index in [1.54, 1.807) is 0 Å². The Labute approximate surface area is 259 Å². The molecule has 0 fully saturated rings. The lowest BCUT2D eigenvalue weighted by molar-refractivity contribution is -0.671. The molecule has 0 aliphatic heterocycles. The van der Waals surface area contributed by atoms with E-state index in [1.807, 2.05) is 7.05 Å². The van der Waals surface area contributed by atoms with E-state index < -0.39 is 0 Å². The molecule has 0 atom stereocenters. The maximum atomic E-state index is 6.91. The van der Waals surface area contributed by atoms with Gasteiger partial charge in [0, 0.05) is 25.2 Å². The van der Waals surface area contributed by atoms with Gasteiger partial charge in [0.1, 0.15) is 7.05 Å². The van der Waals surface area contributed by atoms with E-state index in [0.717, 1.165) is 23.7 Å². The molecular weight excluding hydrogens is 520 g/mol. The second kappa shape index (κ2) is 23.7. The van der Waals surface area contributed by atoms with Crippen molar-refractivity contribution in [3.05, 3.63) is 58.9 Å². The summed E-state index contributed by atoms with van der Waals surface area (Å²) >= 11 is 6.91. The first-order chi connectivity index (χ1) is 20.1. The molecule has 0 N–H and O–H groups in total. The van der Waals surface area contributed by atoms with Crippen LogP contribution >= 0.6 is 11.6 Å². The molecule has 0 saturated carbocycles. The molecule has 2 nitrogen and oxygen atoms in total. The Morgan fingerprint density at radius 2 is 0.976 bits per heavy atom. The summed E-state index contributed by atoms with van der Waals surface area (Å²) in [4.78, 5) is 2.57. The van der Waals surface area contributed by atoms with Gasteiger partial charge in [0.25, 0.3) is 0 Å². The minimum atomic E-state index is 0.880. The summed E-state index contributed by atoms with van der Waals surface area (Å²) in [7, 11) is 2.04. The second-order valence-corrected chi connectivity index (χ2v) is 12.6. The molecule has 0 radical (unpaired) electrons. The van der Waals surface area contributed by atoms with Crippen LogP contribution in [0.3, 0.4) is 0 Å². The molecule has 230 valence electrons. The van der Waals surface area contributed by atoms with Crippen molar-refractivity contribution in [3.8, 4) is 0 Å². The quantitative estimate of drug-likeness (QED) is 0.0835. The minimum absolute atomic E-state index is 0.880. The van der Waals surface area contributed by atoms with Crippen LogP contribution in [0.4, 0.5) is 5.69 Å². The number of anilines is 1. The number of hydrogen-bond acceptors (Lipinski definition) is 1. The molecule has 2 aromatic rings. The number of nitrogens with zero attached hydrogens (tertiary/aromatic N) is 2. The first kappa shape index (κ1) is 35.4. The van der Waals surface area contributed by atoms with Crippen molar-refractivity contribution >= 4 is 29.4 Å². The van der Waals surface area contributed by atoms with Gasteiger partial charge in [-0.2, -0.15) is 0 Å². The number of aryl methyl sites for hydroxylation is 1. The predicted molar refractivity (Wildman–Crippen MR) is 184 cm³/mol. The molecule has 0 spiro atoms. The monoisotopic (exact) mass is 581 g/mol. The van der Waals surface area contributed by atoms with E-state index in [0.29, 0.717) is 0 Å². The first-order valence-corrected chi connectivity index (χ1v) is 17.7. The standard InChI is InChI=1S/C38H62ClN2/c1-4-6-8-10-12-14-16-18-20-22-30-41(31-23-21-19-17-15-13-11-9-7-5-2)38-27-26-36(34-37(38)39)25-24-35-28-32-40(3)33-29-35/h24-29,32-34H,4-23,30-31H2,1-3H3/q+1. The van der Waals surface area contributed by atoms with Crippen LogP contribution in [0.5, 0.6) is 0 Å². The van der Waals surface area contributed by atoms with E-state index in [2.05, 4.69) is 78.2 Å². The molecular formula is C38H62ClN2+. The van der Waals surface area contributed by atoms with Gasteiger partial charge in [-0.1, -0.05) is 159 Å². The zero-order valence-electron chi connectivity index (χ0n) is 27.0. The van der Waals surface area contributed by atoms with Crippen molar-refractivity contribution in [1.29, 1.82) is 0 Å². The maximum Gasteiger partial charge on any atom is 0.169 e. The molecule has 0 aliphatic rings. The van der Waals surface area contributed by atoms with E-state index in [4.69, 9.17) is 11.6 Å². The average molecular weight is 582 g/mol. The third-order valence-corrected chi connectivity index (χ3v) is 8.65. The van der Waals surface area contributed by atoms with Crippen molar-refractivity contribution in [3.63, 3.8) is 0 Å². The van der Waals surface area contributed by atoms with Gasteiger partial charge in [-0.25, -0.2) is 4.57 Å². The molecule has 1 heterocycles. The van der Waals surface area contributed by atoms with Crippen LogP contribution in [-0.2, 0) is 7.05 Å². The highest BCUT2D eigenvalue weighted by molar-refractivity contribution is 6.33. The molecule has 1 aromatic carbocycles. The number of rotatable bonds is 25. The summed E-state index contributed by atoms with van der Waals surface area (Å²) in [6.07, 6.45) is 36.0. The fraction of sp³-hybridized carbons (Fsp3) is 0.658. The third kappa shape index (κ3) is 17.0. The molecule has 2 rings (SSSR count). The first-order valence-electron chi connectivity index (χ1n) is 17.3. The lowest BCUT2D eigenvalue weighted by Gasteiger charge is -2.26. The van der Waals surface area contributed by atoms with Crippen molar-refractivity contribution in [1.82, 2.24) is 0 Å². The lowest BCUT2D eigenvalue weighted by Crippen LogP contribution is -2.26. The van der Waals surface area contributed by atoms with Crippen LogP contribution in [0.2, 0.25) is 5.02 Å². The van der Waals surface area contributed by atoms with Gasteiger partial charge in [-0.15, -0.1) is 0 Å². The Hall–Kier alpha value is -1.80. The number of unbranched alkanes of at least 4 members (excludes halogenated alkanes) is 18. The highest BCUT2D eigenvalue weighted by atomic mass is 35.5. The van der Waals surface area contributed by atoms with Crippen LogP contribution in [0.25, 0.3) is 12.2 Å². The van der Waals surface area contributed by atoms with Gasteiger partial charge in [0.2, 0.25) is 0 Å². The largest absolute Gasteiger partial charge is 0.370 e. The second-order valence-electron chi connectivity index (χ2n) is 12.2. The summed E-state index contributed by atoms with van der Waals surface area (Å²) < 4.78 is 2.06. The van der Waals surface area contributed by atoms with Gasteiger partial charge in [-0.05, 0) is 36.1 Å². The smallest absolute Gasteiger partial charge is 0.169 e. The Balaban J connectivity index is 1.83. The normalized spacial score (nSPS) is 11.5. The highest BCUT2D eigenvalue weighted by Crippen LogP contribution is 2.29. The number of hydrogen-bond donors (Lipinski definition) is 0. The van der Waals surface area contributed by atoms with Gasteiger partial charge in [0.15, 0.2) is 12.4 Å². The number of aromatic nitrogens is 1. The predicted octanol–water partition coefficient (Wildman–Crippen LogP) is 12.0. The van der Waals surface area contributed by atoms with E-state index in [-0.39, 0.29) is 0 Å². The molecule has 0 aliphatic carbocycles. The van der Waals surface area contributed by atoms with Crippen molar-refractivity contribution in [2.45, 2.75) is 142 Å². The highest BCUT2D eigenvalue weighted by Gasteiger charge is 2.11. The third-order valence-electron chi connectivity index (χ3n) is 8.35. The topological polar surface area (TPSA) is 7.12 Å². The van der Waals surface area contributed by atoms with Crippen LogP contribution in [0.1, 0.15) is 153 Å². The Kier molecular flexibility index (Phi) is 20.5. The molecule has 0 unspecified atom stereocenters. The van der Waals surface area contributed by atoms with E-state index in [9.17, 15) is 0 Å². The Bertz CT molecular complexity index is 896. The lowest BCUT2D eigenvalue weighted by atomic mass is 10.1. The molecule has 3 heteroatoms. The summed E-state index contributed by atoms with van der Waals surface area (Å²) in [5, 5.41) is 0.880. The van der Waals surface area contributed by atoms with Crippen LogP contribution in [-0.4, -0.2) is 13.1 Å². The fourth-order valence-corrected chi connectivity index (χ4v) is 5.94. The van der Waals surface area contributed by atoms with Crippen molar-refractivity contribution < 1.29 is 4.57 Å². The Morgan fingerprint density at radius 1 is 0.561 bits per heavy atom. The molecule has 0 amide bonds. The number of benzene rings is 1. The summed E-state index contributed by atoms with van der Waals surface area (Å²) in [6, 6.07) is 10.9. The zero-order chi connectivity index (χ0) is 29.4. The summed E-state index contributed by atoms with van der Waals surface area (Å²) in [6.45, 7) is 6.82. The summed E-state index contributed by atoms with van der Waals surface area (Å²) in [5.74, 6) is 0. The van der Waals surface area contributed by atoms with E-state index >= 15 is 0 Å². The molecule has 0 saturated heterocycles. The van der Waals surface area contributed by atoms with Crippen molar-refractivity contribution in [2.24, 2.45) is 7.05 Å². The number of pyridine rings is 1. The Morgan fingerprint density at radius 3 is 1.41 bits per heavy atom.